The highest BCUT2D eigenvalue weighted by Gasteiger charge is 2.31. The van der Waals surface area contributed by atoms with Crippen molar-refractivity contribution in [2.45, 2.75) is 12.8 Å². The van der Waals surface area contributed by atoms with Crippen LogP contribution in [0.5, 0.6) is 0 Å². The van der Waals surface area contributed by atoms with E-state index in [1.807, 2.05) is 18.2 Å². The molecule has 0 radical (unpaired) electrons. The van der Waals surface area contributed by atoms with E-state index in [1.54, 1.807) is 12.1 Å². The summed E-state index contributed by atoms with van der Waals surface area (Å²) in [4.78, 5) is 24.0. The summed E-state index contributed by atoms with van der Waals surface area (Å²) >= 11 is 2.16. The molecule has 1 aromatic rings. The van der Waals surface area contributed by atoms with E-state index in [0.29, 0.717) is 11.1 Å². The lowest BCUT2D eigenvalue weighted by Gasteiger charge is -2.22. The standard InChI is InChI=1S/C14H9IO2/c15-8-5-6-10-9-3-1-2-4-11(9)13(16)14(17)12(10)7-8/h2,4-7H,1,3H2. The predicted molar refractivity (Wildman–Crippen MR) is 73.8 cm³/mol. The number of halogens is 1. The molecule has 3 rings (SSSR count). The van der Waals surface area contributed by atoms with Crippen molar-refractivity contribution >= 4 is 39.7 Å². The summed E-state index contributed by atoms with van der Waals surface area (Å²) in [7, 11) is 0. The van der Waals surface area contributed by atoms with E-state index in [4.69, 9.17) is 0 Å². The maximum Gasteiger partial charge on any atom is 0.234 e. The lowest BCUT2D eigenvalue weighted by atomic mass is 9.80. The zero-order valence-corrected chi connectivity index (χ0v) is 11.2. The number of hydrogen-bond acceptors (Lipinski definition) is 2. The van der Waals surface area contributed by atoms with Crippen LogP contribution < -0.4 is 0 Å². The quantitative estimate of drug-likeness (QED) is 0.539. The molecule has 84 valence electrons. The number of rotatable bonds is 0. The average molecular weight is 336 g/mol. The number of carbonyl (C=O) groups is 2. The molecular formula is C14H9IO2. The van der Waals surface area contributed by atoms with Gasteiger partial charge >= 0.3 is 0 Å². The molecule has 2 aliphatic carbocycles. The highest BCUT2D eigenvalue weighted by atomic mass is 127. The minimum absolute atomic E-state index is 0.356. The zero-order valence-electron chi connectivity index (χ0n) is 9.00. The number of hydrogen-bond donors (Lipinski definition) is 0. The van der Waals surface area contributed by atoms with Crippen molar-refractivity contribution in [1.82, 2.24) is 0 Å². The van der Waals surface area contributed by atoms with Gasteiger partial charge in [0.05, 0.1) is 0 Å². The van der Waals surface area contributed by atoms with Crippen molar-refractivity contribution in [2.75, 3.05) is 0 Å². The van der Waals surface area contributed by atoms with Crippen LogP contribution in [0.25, 0.3) is 5.57 Å². The second-order valence-corrected chi connectivity index (χ2v) is 5.43. The van der Waals surface area contributed by atoms with Gasteiger partial charge < -0.3 is 0 Å². The lowest BCUT2D eigenvalue weighted by molar-refractivity contribution is -0.111. The Morgan fingerprint density at radius 2 is 1.88 bits per heavy atom. The first-order valence-electron chi connectivity index (χ1n) is 5.47. The summed E-state index contributed by atoms with van der Waals surface area (Å²) in [6.07, 6.45) is 5.53. The van der Waals surface area contributed by atoms with Gasteiger partial charge in [-0.15, -0.1) is 0 Å². The Labute approximate surface area is 113 Å². The first kappa shape index (κ1) is 10.9. The molecule has 17 heavy (non-hydrogen) atoms. The van der Waals surface area contributed by atoms with Crippen molar-refractivity contribution in [2.24, 2.45) is 0 Å². The van der Waals surface area contributed by atoms with Crippen LogP contribution in [0, 0.1) is 3.57 Å². The van der Waals surface area contributed by atoms with Crippen molar-refractivity contribution in [3.63, 3.8) is 0 Å². The first-order chi connectivity index (χ1) is 8.18. The van der Waals surface area contributed by atoms with Crippen molar-refractivity contribution in [1.29, 1.82) is 0 Å². The van der Waals surface area contributed by atoms with Crippen LogP contribution in [0.2, 0.25) is 0 Å². The Balaban J connectivity index is 2.32. The van der Waals surface area contributed by atoms with Crippen molar-refractivity contribution < 1.29 is 9.59 Å². The Kier molecular flexibility index (Phi) is 2.50. The number of fused-ring (bicyclic) bond motifs is 2. The van der Waals surface area contributed by atoms with E-state index in [-0.39, 0.29) is 11.6 Å². The van der Waals surface area contributed by atoms with Crippen molar-refractivity contribution in [3.05, 3.63) is 50.6 Å². The molecule has 3 heteroatoms. The molecule has 0 saturated heterocycles. The second-order valence-electron chi connectivity index (χ2n) is 4.18. The van der Waals surface area contributed by atoms with Gasteiger partial charge in [0.1, 0.15) is 0 Å². The van der Waals surface area contributed by atoms with Crippen LogP contribution in [0.4, 0.5) is 0 Å². The first-order valence-corrected chi connectivity index (χ1v) is 6.55. The number of ketones is 2. The molecule has 2 aliphatic rings. The lowest BCUT2D eigenvalue weighted by Crippen LogP contribution is -2.24. The van der Waals surface area contributed by atoms with Gasteiger partial charge in [0.15, 0.2) is 0 Å². The molecule has 0 saturated carbocycles. The largest absolute Gasteiger partial charge is 0.285 e. The maximum absolute atomic E-state index is 12.0. The third kappa shape index (κ3) is 1.60. The van der Waals surface area contributed by atoms with Crippen LogP contribution in [0.15, 0.2) is 35.9 Å². The molecule has 0 bridgehead atoms. The third-order valence-corrected chi connectivity index (χ3v) is 3.84. The minimum Gasteiger partial charge on any atom is -0.285 e. The van der Waals surface area contributed by atoms with Crippen LogP contribution in [0.1, 0.15) is 28.8 Å². The van der Waals surface area contributed by atoms with Gasteiger partial charge in [0.25, 0.3) is 0 Å². The van der Waals surface area contributed by atoms with Gasteiger partial charge in [0, 0.05) is 14.7 Å². The van der Waals surface area contributed by atoms with E-state index < -0.39 is 0 Å². The number of Topliss-reactive ketones (excluding diaryl/α,β-unsaturated/α-hetero) is 2. The molecule has 2 nitrogen and oxygen atoms in total. The van der Waals surface area contributed by atoms with Crippen LogP contribution in [-0.4, -0.2) is 11.6 Å². The fourth-order valence-corrected chi connectivity index (χ4v) is 2.86. The molecule has 0 amide bonds. The Morgan fingerprint density at radius 1 is 1.06 bits per heavy atom. The van der Waals surface area contributed by atoms with E-state index >= 15 is 0 Å². The minimum atomic E-state index is -0.371. The van der Waals surface area contributed by atoms with Crippen molar-refractivity contribution in [3.8, 4) is 0 Å². The van der Waals surface area contributed by atoms with E-state index in [2.05, 4.69) is 22.6 Å². The Morgan fingerprint density at radius 3 is 2.71 bits per heavy atom. The molecule has 0 heterocycles. The number of benzene rings is 1. The fourth-order valence-electron chi connectivity index (χ4n) is 2.37. The monoisotopic (exact) mass is 336 g/mol. The highest BCUT2D eigenvalue weighted by Crippen LogP contribution is 2.36. The third-order valence-electron chi connectivity index (χ3n) is 3.17. The SMILES string of the molecule is O=C1C(=O)c2cc(I)ccc2C2=C1C=CCC2. The van der Waals surface area contributed by atoms with Crippen LogP contribution in [-0.2, 0) is 4.79 Å². The molecule has 0 aromatic heterocycles. The topological polar surface area (TPSA) is 34.1 Å². The number of allylic oxidation sites excluding steroid dienone is 4. The van der Waals surface area contributed by atoms with Crippen LogP contribution in [0.3, 0.4) is 0 Å². The zero-order chi connectivity index (χ0) is 12.0. The van der Waals surface area contributed by atoms with Gasteiger partial charge in [-0.3, -0.25) is 9.59 Å². The van der Waals surface area contributed by atoms with Crippen LogP contribution >= 0.6 is 22.6 Å². The predicted octanol–water partition coefficient (Wildman–Crippen LogP) is 3.16. The van der Waals surface area contributed by atoms with Gasteiger partial charge in [0.2, 0.25) is 11.6 Å². The fraction of sp³-hybridized carbons (Fsp3) is 0.143. The van der Waals surface area contributed by atoms with E-state index in [0.717, 1.165) is 27.5 Å². The molecule has 0 aliphatic heterocycles. The second kappa shape index (κ2) is 3.91. The summed E-state index contributed by atoms with van der Waals surface area (Å²) in [5.41, 5.74) is 3.13. The number of carbonyl (C=O) groups excluding carboxylic acids is 2. The highest BCUT2D eigenvalue weighted by molar-refractivity contribution is 14.1. The molecule has 0 spiro atoms. The summed E-state index contributed by atoms with van der Waals surface area (Å²) in [5, 5.41) is 0. The molecule has 0 fully saturated rings. The Bertz CT molecular complexity index is 609. The molecule has 0 atom stereocenters. The molecule has 0 N–H and O–H groups in total. The molecular weight excluding hydrogens is 327 g/mol. The molecule has 0 unspecified atom stereocenters. The average Bonchev–Trinajstić information content (AvgIpc) is 2.36. The summed E-state index contributed by atoms with van der Waals surface area (Å²) in [6, 6.07) is 5.74. The Hall–Kier alpha value is -1.23. The normalized spacial score (nSPS) is 18.2. The van der Waals surface area contributed by atoms with Gasteiger partial charge in [-0.05, 0) is 58.7 Å². The van der Waals surface area contributed by atoms with Gasteiger partial charge in [-0.25, -0.2) is 0 Å². The molecule has 1 aromatic carbocycles. The maximum atomic E-state index is 12.0. The van der Waals surface area contributed by atoms with Gasteiger partial charge in [-0.2, -0.15) is 0 Å². The van der Waals surface area contributed by atoms with E-state index in [9.17, 15) is 9.59 Å². The summed E-state index contributed by atoms with van der Waals surface area (Å²) in [6.45, 7) is 0. The van der Waals surface area contributed by atoms with Gasteiger partial charge in [-0.1, -0.05) is 18.2 Å². The summed E-state index contributed by atoms with van der Waals surface area (Å²) < 4.78 is 0.984. The smallest absolute Gasteiger partial charge is 0.234 e. The van der Waals surface area contributed by atoms with E-state index in [1.165, 1.54) is 0 Å². The summed E-state index contributed by atoms with van der Waals surface area (Å²) in [5.74, 6) is -0.728.